The molecule has 2 unspecified atom stereocenters. The van der Waals surface area contributed by atoms with E-state index < -0.39 is 6.10 Å². The largest absolute Gasteiger partial charge is 0.391 e. The highest BCUT2D eigenvalue weighted by Gasteiger charge is 2.22. The fourth-order valence-corrected chi connectivity index (χ4v) is 1.82. The van der Waals surface area contributed by atoms with Gasteiger partial charge in [-0.1, -0.05) is 32.4 Å². The summed E-state index contributed by atoms with van der Waals surface area (Å²) in [4.78, 5) is 15.8. The first-order chi connectivity index (χ1) is 9.70. The zero-order valence-corrected chi connectivity index (χ0v) is 13.7. The van der Waals surface area contributed by atoms with Gasteiger partial charge >= 0.3 is 0 Å². The molecular formula is C15H24ClN3O2. The van der Waals surface area contributed by atoms with Gasteiger partial charge in [0.15, 0.2) is 5.15 Å². The molecule has 0 saturated heterocycles. The number of hydrogen-bond acceptors (Lipinski definition) is 4. The van der Waals surface area contributed by atoms with E-state index in [1.807, 2.05) is 27.7 Å². The second-order valence-corrected chi connectivity index (χ2v) is 6.64. The van der Waals surface area contributed by atoms with Crippen molar-refractivity contribution in [2.45, 2.75) is 46.3 Å². The smallest absolute Gasteiger partial charge is 0.226 e. The molecule has 0 saturated carbocycles. The van der Waals surface area contributed by atoms with E-state index >= 15 is 0 Å². The van der Waals surface area contributed by atoms with Crippen LogP contribution in [0.5, 0.6) is 0 Å². The first-order valence-corrected chi connectivity index (χ1v) is 7.39. The molecule has 1 heterocycles. The highest BCUT2D eigenvalue weighted by Crippen LogP contribution is 2.19. The summed E-state index contributed by atoms with van der Waals surface area (Å²) in [5.41, 5.74) is 0.323. The van der Waals surface area contributed by atoms with Crippen molar-refractivity contribution in [3.05, 3.63) is 23.5 Å². The van der Waals surface area contributed by atoms with Crippen molar-refractivity contribution in [2.24, 2.45) is 5.41 Å². The quantitative estimate of drug-likeness (QED) is 0.705. The van der Waals surface area contributed by atoms with Crippen molar-refractivity contribution in [2.75, 3.05) is 11.9 Å². The molecule has 0 fully saturated rings. The summed E-state index contributed by atoms with van der Waals surface area (Å²) in [6.45, 7) is 8.27. The summed E-state index contributed by atoms with van der Waals surface area (Å²) in [6.07, 6.45) is 1.40. The predicted octanol–water partition coefficient (Wildman–Crippen LogP) is 2.45. The average Bonchev–Trinajstić information content (AvgIpc) is 2.37. The topological polar surface area (TPSA) is 74.2 Å². The predicted molar refractivity (Wildman–Crippen MR) is 85.4 cm³/mol. The third-order valence-electron chi connectivity index (χ3n) is 3.18. The summed E-state index contributed by atoms with van der Waals surface area (Å²) < 4.78 is 0. The van der Waals surface area contributed by atoms with Gasteiger partial charge in [-0.15, -0.1) is 0 Å². The molecule has 118 valence electrons. The van der Waals surface area contributed by atoms with Gasteiger partial charge in [0.05, 0.1) is 11.8 Å². The molecule has 5 nitrogen and oxygen atoms in total. The first-order valence-electron chi connectivity index (χ1n) is 7.02. The number of nitrogens with one attached hydrogen (secondary N) is 2. The van der Waals surface area contributed by atoms with Gasteiger partial charge in [0.25, 0.3) is 0 Å². The number of amides is 1. The van der Waals surface area contributed by atoms with Crippen LogP contribution in [0.2, 0.25) is 5.15 Å². The number of nitrogens with zero attached hydrogens (tertiary/aromatic N) is 1. The number of anilines is 1. The monoisotopic (exact) mass is 313 g/mol. The Hall–Kier alpha value is -1.17. The Morgan fingerprint density at radius 3 is 2.71 bits per heavy atom. The summed E-state index contributed by atoms with van der Waals surface area (Å²) in [6, 6.07) is 3.37. The summed E-state index contributed by atoms with van der Waals surface area (Å²) in [5, 5.41) is 16.1. The van der Waals surface area contributed by atoms with Crippen LogP contribution < -0.4 is 10.6 Å². The SMILES string of the molecule is CC(CC(=O)Nc1cccnc1Cl)NCC(O)C(C)(C)C. The number of halogens is 1. The van der Waals surface area contributed by atoms with Crippen molar-refractivity contribution >= 4 is 23.2 Å². The minimum Gasteiger partial charge on any atom is -0.391 e. The molecule has 1 aromatic rings. The third-order valence-corrected chi connectivity index (χ3v) is 3.49. The van der Waals surface area contributed by atoms with Crippen molar-refractivity contribution in [3.63, 3.8) is 0 Å². The van der Waals surface area contributed by atoms with Gasteiger partial charge in [-0.3, -0.25) is 4.79 Å². The minimum atomic E-state index is -0.462. The van der Waals surface area contributed by atoms with E-state index in [0.717, 1.165) is 0 Å². The van der Waals surface area contributed by atoms with E-state index in [9.17, 15) is 9.90 Å². The van der Waals surface area contributed by atoms with E-state index in [0.29, 0.717) is 18.7 Å². The molecule has 0 bridgehead atoms. The molecule has 0 aromatic carbocycles. The van der Waals surface area contributed by atoms with Crippen LogP contribution in [0.4, 0.5) is 5.69 Å². The molecule has 0 spiro atoms. The zero-order valence-electron chi connectivity index (χ0n) is 13.0. The number of hydrogen-bond donors (Lipinski definition) is 3. The molecule has 1 amide bonds. The van der Waals surface area contributed by atoms with E-state index in [1.54, 1.807) is 18.3 Å². The lowest BCUT2D eigenvalue weighted by molar-refractivity contribution is -0.116. The Morgan fingerprint density at radius 2 is 2.14 bits per heavy atom. The Balaban J connectivity index is 2.39. The number of aliphatic hydroxyl groups is 1. The maximum Gasteiger partial charge on any atom is 0.226 e. The van der Waals surface area contributed by atoms with E-state index in [4.69, 9.17) is 11.6 Å². The number of aliphatic hydroxyl groups excluding tert-OH is 1. The highest BCUT2D eigenvalue weighted by molar-refractivity contribution is 6.32. The molecule has 3 N–H and O–H groups in total. The normalized spacial score (nSPS) is 14.6. The number of aromatic nitrogens is 1. The van der Waals surface area contributed by atoms with Gasteiger partial charge in [0.1, 0.15) is 0 Å². The van der Waals surface area contributed by atoms with Crippen LogP contribution in [-0.4, -0.2) is 34.7 Å². The standard InChI is InChI=1S/C15H24ClN3O2/c1-10(18-9-12(20)15(2,3)4)8-13(21)19-11-6-5-7-17-14(11)16/h5-7,10,12,18,20H,8-9H2,1-4H3,(H,19,21). The third kappa shape index (κ3) is 6.42. The Morgan fingerprint density at radius 1 is 1.48 bits per heavy atom. The molecule has 0 aliphatic carbocycles. The molecule has 0 aliphatic rings. The number of pyridine rings is 1. The lowest BCUT2D eigenvalue weighted by Crippen LogP contribution is -2.41. The maximum atomic E-state index is 11.9. The summed E-state index contributed by atoms with van der Waals surface area (Å²) in [5.74, 6) is -0.143. The molecule has 0 aliphatic heterocycles. The van der Waals surface area contributed by atoms with Gasteiger partial charge in [-0.05, 0) is 24.5 Å². The van der Waals surface area contributed by atoms with Crippen molar-refractivity contribution in [3.8, 4) is 0 Å². The fourth-order valence-electron chi connectivity index (χ4n) is 1.65. The lowest BCUT2D eigenvalue weighted by atomic mass is 9.89. The van der Waals surface area contributed by atoms with Crippen LogP contribution in [0.25, 0.3) is 0 Å². The molecule has 1 aromatic heterocycles. The van der Waals surface area contributed by atoms with Crippen molar-refractivity contribution in [1.82, 2.24) is 10.3 Å². The lowest BCUT2D eigenvalue weighted by Gasteiger charge is -2.27. The molecule has 21 heavy (non-hydrogen) atoms. The molecular weight excluding hydrogens is 290 g/mol. The summed E-state index contributed by atoms with van der Waals surface area (Å²) >= 11 is 5.88. The van der Waals surface area contributed by atoms with Crippen LogP contribution in [0.1, 0.15) is 34.1 Å². The maximum absolute atomic E-state index is 11.9. The number of carbonyl (C=O) groups excluding carboxylic acids is 1. The average molecular weight is 314 g/mol. The van der Waals surface area contributed by atoms with Gasteiger partial charge < -0.3 is 15.7 Å². The van der Waals surface area contributed by atoms with Gasteiger partial charge in [0.2, 0.25) is 5.91 Å². The van der Waals surface area contributed by atoms with Gasteiger partial charge in [0, 0.05) is 25.2 Å². The fraction of sp³-hybridized carbons (Fsp3) is 0.600. The molecule has 6 heteroatoms. The van der Waals surface area contributed by atoms with Crippen LogP contribution in [-0.2, 0) is 4.79 Å². The minimum absolute atomic E-state index is 0.0440. The summed E-state index contributed by atoms with van der Waals surface area (Å²) in [7, 11) is 0. The highest BCUT2D eigenvalue weighted by atomic mass is 35.5. The second kappa shape index (κ2) is 7.73. The van der Waals surface area contributed by atoms with Crippen molar-refractivity contribution < 1.29 is 9.90 Å². The van der Waals surface area contributed by atoms with Crippen LogP contribution >= 0.6 is 11.6 Å². The van der Waals surface area contributed by atoms with Gasteiger partial charge in [-0.2, -0.15) is 0 Å². The molecule has 2 atom stereocenters. The molecule has 0 radical (unpaired) electrons. The second-order valence-electron chi connectivity index (χ2n) is 6.29. The van der Waals surface area contributed by atoms with E-state index in [2.05, 4.69) is 15.6 Å². The molecule has 1 rings (SSSR count). The Bertz CT molecular complexity index is 474. The van der Waals surface area contributed by atoms with Crippen LogP contribution in [0, 0.1) is 5.41 Å². The van der Waals surface area contributed by atoms with E-state index in [-0.39, 0.29) is 22.5 Å². The zero-order chi connectivity index (χ0) is 16.0. The number of carbonyl (C=O) groups is 1. The van der Waals surface area contributed by atoms with Crippen LogP contribution in [0.3, 0.4) is 0 Å². The van der Waals surface area contributed by atoms with Crippen LogP contribution in [0.15, 0.2) is 18.3 Å². The number of rotatable bonds is 6. The first kappa shape index (κ1) is 17.9. The van der Waals surface area contributed by atoms with Gasteiger partial charge in [-0.25, -0.2) is 4.98 Å². The Labute approximate surface area is 131 Å². The Kier molecular flexibility index (Phi) is 6.58. The van der Waals surface area contributed by atoms with E-state index in [1.165, 1.54) is 0 Å². The van der Waals surface area contributed by atoms with Crippen molar-refractivity contribution in [1.29, 1.82) is 0 Å².